The number of ether oxygens (including phenoxy) is 1. The van der Waals surface area contributed by atoms with E-state index in [2.05, 4.69) is 27.0 Å². The highest BCUT2D eigenvalue weighted by atomic mass is 16.5. The normalized spacial score (nSPS) is 12.6. The SMILES string of the molecule is CNC(=O)c1cc(Oc2ccc3c(C(=O)Nc4ccc5c(c4)CNCC5)cccc3c2)ccn1. The van der Waals surface area contributed by atoms with Crippen molar-refractivity contribution in [2.24, 2.45) is 0 Å². The van der Waals surface area contributed by atoms with Gasteiger partial charge in [0.2, 0.25) is 0 Å². The number of fused-ring (bicyclic) bond motifs is 2. The van der Waals surface area contributed by atoms with Gasteiger partial charge < -0.3 is 20.7 Å². The van der Waals surface area contributed by atoms with E-state index in [0.717, 1.165) is 36.0 Å². The summed E-state index contributed by atoms with van der Waals surface area (Å²) in [6.07, 6.45) is 2.53. The van der Waals surface area contributed by atoms with E-state index in [9.17, 15) is 9.59 Å². The van der Waals surface area contributed by atoms with Crippen LogP contribution in [0, 0.1) is 0 Å². The number of aromatic nitrogens is 1. The number of hydrogen-bond donors (Lipinski definition) is 3. The van der Waals surface area contributed by atoms with Crippen LogP contribution in [0.4, 0.5) is 5.69 Å². The number of nitrogens with zero attached hydrogens (tertiary/aromatic N) is 1. The van der Waals surface area contributed by atoms with Crippen LogP contribution in [0.15, 0.2) is 72.9 Å². The summed E-state index contributed by atoms with van der Waals surface area (Å²) in [5, 5.41) is 10.6. The Bertz CT molecular complexity index is 1400. The molecule has 0 saturated heterocycles. The van der Waals surface area contributed by atoms with Gasteiger partial charge in [-0.2, -0.15) is 0 Å². The lowest BCUT2D eigenvalue weighted by Crippen LogP contribution is -2.23. The number of carbonyl (C=O) groups excluding carboxylic acids is 2. The molecule has 0 unspecified atom stereocenters. The van der Waals surface area contributed by atoms with Gasteiger partial charge in [0.25, 0.3) is 11.8 Å². The molecule has 4 aromatic rings. The second-order valence-corrected chi connectivity index (χ2v) is 8.11. The van der Waals surface area contributed by atoms with Gasteiger partial charge in [0.1, 0.15) is 17.2 Å². The molecule has 0 saturated carbocycles. The van der Waals surface area contributed by atoms with Crippen LogP contribution in [0.5, 0.6) is 11.5 Å². The third-order valence-electron chi connectivity index (χ3n) is 5.87. The maximum Gasteiger partial charge on any atom is 0.269 e. The smallest absolute Gasteiger partial charge is 0.269 e. The third kappa shape index (κ3) is 4.46. The summed E-state index contributed by atoms with van der Waals surface area (Å²) in [6.45, 7) is 1.80. The van der Waals surface area contributed by atoms with Crippen LogP contribution in [0.1, 0.15) is 32.0 Å². The third-order valence-corrected chi connectivity index (χ3v) is 5.87. The molecular weight excluding hydrogens is 428 g/mol. The van der Waals surface area contributed by atoms with Gasteiger partial charge in [0.05, 0.1) is 0 Å². The number of amides is 2. The van der Waals surface area contributed by atoms with Gasteiger partial charge in [0, 0.05) is 37.1 Å². The Hall–Kier alpha value is -4.23. The number of anilines is 1. The summed E-state index contributed by atoms with van der Waals surface area (Å²) in [4.78, 5) is 29.0. The maximum atomic E-state index is 13.1. The van der Waals surface area contributed by atoms with Crippen molar-refractivity contribution >= 4 is 28.3 Å². The number of rotatable bonds is 5. The van der Waals surface area contributed by atoms with E-state index in [0.29, 0.717) is 17.1 Å². The lowest BCUT2D eigenvalue weighted by Gasteiger charge is -2.18. The van der Waals surface area contributed by atoms with E-state index in [4.69, 9.17) is 4.74 Å². The molecule has 7 nitrogen and oxygen atoms in total. The van der Waals surface area contributed by atoms with E-state index in [1.165, 1.54) is 17.3 Å². The molecule has 5 rings (SSSR count). The molecule has 0 bridgehead atoms. The molecular formula is C27H24N4O3. The van der Waals surface area contributed by atoms with Gasteiger partial charge in [-0.3, -0.25) is 14.6 Å². The lowest BCUT2D eigenvalue weighted by molar-refractivity contribution is 0.0957. The molecule has 0 aliphatic carbocycles. The van der Waals surface area contributed by atoms with Gasteiger partial charge in [-0.15, -0.1) is 0 Å². The predicted octanol–water partition coefficient (Wildman–Crippen LogP) is 4.28. The van der Waals surface area contributed by atoms with Gasteiger partial charge >= 0.3 is 0 Å². The maximum absolute atomic E-state index is 13.1. The molecule has 0 radical (unpaired) electrons. The average Bonchev–Trinajstić information content (AvgIpc) is 2.87. The zero-order valence-electron chi connectivity index (χ0n) is 18.7. The molecule has 2 heterocycles. The van der Waals surface area contributed by atoms with Crippen molar-refractivity contribution in [3.05, 3.63) is 95.3 Å². The average molecular weight is 453 g/mol. The highest BCUT2D eigenvalue weighted by molar-refractivity contribution is 6.13. The molecule has 1 aliphatic rings. The van der Waals surface area contributed by atoms with Crippen LogP contribution in [0.2, 0.25) is 0 Å². The molecule has 0 fully saturated rings. The second kappa shape index (κ2) is 9.33. The summed E-state index contributed by atoms with van der Waals surface area (Å²) in [6, 6.07) is 20.5. The van der Waals surface area contributed by atoms with E-state index < -0.39 is 0 Å². The fraction of sp³-hybridized carbons (Fsp3) is 0.148. The van der Waals surface area contributed by atoms with E-state index in [1.807, 2.05) is 48.5 Å². The zero-order valence-corrected chi connectivity index (χ0v) is 18.7. The van der Waals surface area contributed by atoms with Gasteiger partial charge in [0.15, 0.2) is 0 Å². The van der Waals surface area contributed by atoms with E-state index in [-0.39, 0.29) is 17.5 Å². The van der Waals surface area contributed by atoms with E-state index in [1.54, 1.807) is 19.2 Å². The van der Waals surface area contributed by atoms with Crippen molar-refractivity contribution in [3.63, 3.8) is 0 Å². The lowest BCUT2D eigenvalue weighted by atomic mass is 10.00. The summed E-state index contributed by atoms with van der Waals surface area (Å²) in [5.41, 5.74) is 4.20. The van der Waals surface area contributed by atoms with Crippen LogP contribution in [0.25, 0.3) is 10.8 Å². The number of nitrogens with one attached hydrogen (secondary N) is 3. The minimum Gasteiger partial charge on any atom is -0.457 e. The number of pyridine rings is 1. The van der Waals surface area contributed by atoms with Gasteiger partial charge in [-0.05, 0) is 77.3 Å². The first-order valence-electron chi connectivity index (χ1n) is 11.1. The van der Waals surface area contributed by atoms with Crippen molar-refractivity contribution < 1.29 is 14.3 Å². The molecule has 170 valence electrons. The fourth-order valence-electron chi connectivity index (χ4n) is 4.14. The summed E-state index contributed by atoms with van der Waals surface area (Å²) < 4.78 is 5.94. The van der Waals surface area contributed by atoms with Gasteiger partial charge in [-0.1, -0.05) is 18.2 Å². The fourth-order valence-corrected chi connectivity index (χ4v) is 4.14. The summed E-state index contributed by atoms with van der Waals surface area (Å²) in [7, 11) is 1.55. The quantitative estimate of drug-likeness (QED) is 0.420. The second-order valence-electron chi connectivity index (χ2n) is 8.11. The summed E-state index contributed by atoms with van der Waals surface area (Å²) in [5.74, 6) is 0.659. The van der Waals surface area contributed by atoms with Crippen molar-refractivity contribution in [1.29, 1.82) is 0 Å². The Kier molecular flexibility index (Phi) is 5.93. The van der Waals surface area contributed by atoms with Crippen molar-refractivity contribution in [1.82, 2.24) is 15.6 Å². The molecule has 1 aliphatic heterocycles. The Morgan fingerprint density at radius 1 is 0.941 bits per heavy atom. The molecule has 7 heteroatoms. The Balaban J connectivity index is 1.37. The molecule has 3 N–H and O–H groups in total. The molecule has 0 atom stereocenters. The highest BCUT2D eigenvalue weighted by Crippen LogP contribution is 2.28. The first-order valence-corrected chi connectivity index (χ1v) is 11.1. The number of hydrogen-bond acceptors (Lipinski definition) is 5. The van der Waals surface area contributed by atoms with Crippen molar-refractivity contribution in [2.45, 2.75) is 13.0 Å². The van der Waals surface area contributed by atoms with Crippen molar-refractivity contribution in [2.75, 3.05) is 18.9 Å². The largest absolute Gasteiger partial charge is 0.457 e. The summed E-state index contributed by atoms with van der Waals surface area (Å²) >= 11 is 0. The van der Waals surface area contributed by atoms with Crippen molar-refractivity contribution in [3.8, 4) is 11.5 Å². The molecule has 2 amide bonds. The molecule has 1 aromatic heterocycles. The number of carbonyl (C=O) groups is 2. The van der Waals surface area contributed by atoms with Crippen LogP contribution in [-0.2, 0) is 13.0 Å². The Labute approximate surface area is 197 Å². The highest BCUT2D eigenvalue weighted by Gasteiger charge is 2.14. The van der Waals surface area contributed by atoms with Crippen LogP contribution in [0.3, 0.4) is 0 Å². The minimum atomic E-state index is -0.283. The van der Waals surface area contributed by atoms with Gasteiger partial charge in [-0.25, -0.2) is 0 Å². The van der Waals surface area contributed by atoms with Crippen LogP contribution >= 0.6 is 0 Å². The Morgan fingerprint density at radius 3 is 2.71 bits per heavy atom. The van der Waals surface area contributed by atoms with E-state index >= 15 is 0 Å². The first kappa shape index (κ1) is 21.6. The molecule has 0 spiro atoms. The topological polar surface area (TPSA) is 92.3 Å². The Morgan fingerprint density at radius 2 is 1.82 bits per heavy atom. The zero-order chi connectivity index (χ0) is 23.5. The standard InChI is InChI=1S/C27H24N4O3/c1-28-27(33)25-15-22(10-12-30-25)34-21-7-8-23-18(14-21)3-2-4-24(23)26(32)31-20-6-5-17-9-11-29-16-19(17)13-20/h2-8,10,12-15,29H,9,11,16H2,1H3,(H,28,33)(H,31,32). The first-order chi connectivity index (χ1) is 16.6. The molecule has 34 heavy (non-hydrogen) atoms. The molecule has 3 aromatic carbocycles. The number of benzene rings is 3. The minimum absolute atomic E-state index is 0.160. The van der Waals surface area contributed by atoms with Crippen LogP contribution in [-0.4, -0.2) is 30.4 Å². The predicted molar refractivity (Wildman–Crippen MR) is 131 cm³/mol. The van der Waals surface area contributed by atoms with Crippen LogP contribution < -0.4 is 20.7 Å². The monoisotopic (exact) mass is 452 g/mol.